The third-order valence-corrected chi connectivity index (χ3v) is 10.0. The molecule has 5 nitrogen and oxygen atoms in total. The van der Waals surface area contributed by atoms with E-state index in [1.54, 1.807) is 0 Å². The van der Waals surface area contributed by atoms with Crippen LogP contribution in [-0.4, -0.2) is 19.5 Å². The van der Waals surface area contributed by atoms with Crippen LogP contribution in [0.5, 0.6) is 0 Å². The van der Waals surface area contributed by atoms with Gasteiger partial charge in [-0.1, -0.05) is 151 Å². The number of hydrogen-bond donors (Lipinski definition) is 0. The number of nitrogens with zero attached hydrogens (tertiary/aromatic N) is 5. The quantitative estimate of drug-likeness (QED) is 0.181. The second-order valence-electron chi connectivity index (χ2n) is 15.8. The van der Waals surface area contributed by atoms with Gasteiger partial charge in [-0.05, 0) is 57.9 Å². The molecule has 0 fully saturated rings. The molecule has 0 saturated heterocycles. The van der Waals surface area contributed by atoms with Crippen LogP contribution < -0.4 is 0 Å². The van der Waals surface area contributed by atoms with Gasteiger partial charge in [-0.3, -0.25) is 0 Å². The normalized spacial score (nSPS) is 11.9. The maximum atomic E-state index is 9.62. The predicted octanol–water partition coefficient (Wildman–Crippen LogP) is 12.1. The molecule has 0 spiro atoms. The Morgan fingerprint density at radius 1 is 0.472 bits per heavy atom. The van der Waals surface area contributed by atoms with Crippen molar-refractivity contribution >= 4 is 21.8 Å². The van der Waals surface area contributed by atoms with Crippen LogP contribution in [0.2, 0.25) is 0 Å². The summed E-state index contributed by atoms with van der Waals surface area (Å²) in [6.07, 6.45) is 0. The molecule has 0 saturated carbocycles. The van der Waals surface area contributed by atoms with Gasteiger partial charge in [0.05, 0.1) is 28.4 Å². The maximum absolute atomic E-state index is 9.62. The Balaban J connectivity index is 1.46. The van der Waals surface area contributed by atoms with Gasteiger partial charge in [-0.25, -0.2) is 15.0 Å². The third kappa shape index (κ3) is 6.38. The number of hydrogen-bond acceptors (Lipinski definition) is 4. The second kappa shape index (κ2) is 13.0. The van der Waals surface area contributed by atoms with Crippen molar-refractivity contribution in [2.24, 2.45) is 0 Å². The van der Waals surface area contributed by atoms with Gasteiger partial charge in [-0.15, -0.1) is 0 Å². The fourth-order valence-corrected chi connectivity index (χ4v) is 6.97. The third-order valence-electron chi connectivity index (χ3n) is 10.0. The average molecular weight is 688 g/mol. The van der Waals surface area contributed by atoms with E-state index in [9.17, 15) is 5.26 Å². The highest BCUT2D eigenvalue weighted by atomic mass is 15.0. The van der Waals surface area contributed by atoms with Crippen molar-refractivity contribution < 1.29 is 0 Å². The Labute approximate surface area is 311 Å². The molecule has 0 N–H and O–H groups in total. The zero-order valence-corrected chi connectivity index (χ0v) is 31.0. The van der Waals surface area contributed by atoms with Crippen LogP contribution >= 0.6 is 0 Å². The van der Waals surface area contributed by atoms with Crippen LogP contribution in [0.15, 0.2) is 140 Å². The van der Waals surface area contributed by atoms with Crippen molar-refractivity contribution in [2.75, 3.05) is 0 Å². The average Bonchev–Trinajstić information content (AvgIpc) is 3.50. The van der Waals surface area contributed by atoms with Crippen molar-refractivity contribution in [1.29, 1.82) is 5.26 Å². The lowest BCUT2D eigenvalue weighted by atomic mass is 9.86. The van der Waals surface area contributed by atoms with Gasteiger partial charge in [-0.2, -0.15) is 5.26 Å². The van der Waals surface area contributed by atoms with E-state index in [4.69, 9.17) is 15.0 Å². The molecule has 6 aromatic carbocycles. The highest BCUT2D eigenvalue weighted by molar-refractivity contribution is 6.10. The molecule has 0 aliphatic rings. The van der Waals surface area contributed by atoms with Crippen molar-refractivity contribution in [3.63, 3.8) is 0 Å². The fraction of sp³-hybridized carbons (Fsp3) is 0.167. The summed E-state index contributed by atoms with van der Waals surface area (Å²) in [6, 6.07) is 50.6. The summed E-state index contributed by atoms with van der Waals surface area (Å²) < 4.78 is 2.42. The summed E-state index contributed by atoms with van der Waals surface area (Å²) >= 11 is 0. The Morgan fingerprint density at radius 3 is 1.38 bits per heavy atom. The molecule has 0 amide bonds. The number of rotatable bonds is 5. The first-order valence-corrected chi connectivity index (χ1v) is 18.1. The van der Waals surface area contributed by atoms with Gasteiger partial charge in [0.25, 0.3) is 0 Å². The molecule has 0 bridgehead atoms. The van der Waals surface area contributed by atoms with E-state index in [0.717, 1.165) is 44.5 Å². The lowest BCUT2D eigenvalue weighted by Crippen LogP contribution is -2.11. The van der Waals surface area contributed by atoms with Gasteiger partial charge >= 0.3 is 0 Å². The predicted molar refractivity (Wildman–Crippen MR) is 218 cm³/mol. The van der Waals surface area contributed by atoms with E-state index in [0.29, 0.717) is 23.0 Å². The molecule has 0 aliphatic carbocycles. The van der Waals surface area contributed by atoms with Crippen LogP contribution in [-0.2, 0) is 10.8 Å². The molecule has 0 unspecified atom stereocenters. The molecular weight excluding hydrogens is 647 g/mol. The SMILES string of the molecule is CC(C)(C)c1ccc2c3ccc(C(C)(C)C)cc3n(-c3cc(-c4nc(-c5ccccc5)nc(-c5ccccc5)n4)ccc3-c3ccc(C#N)cc3)c2c1. The number of nitriles is 1. The number of fused-ring (bicyclic) bond motifs is 3. The summed E-state index contributed by atoms with van der Waals surface area (Å²) in [6.45, 7) is 13.6. The lowest BCUT2D eigenvalue weighted by Gasteiger charge is -2.21. The summed E-state index contributed by atoms with van der Waals surface area (Å²) in [5.74, 6) is 1.83. The van der Waals surface area contributed by atoms with Crippen LogP contribution in [0.1, 0.15) is 58.2 Å². The fourth-order valence-electron chi connectivity index (χ4n) is 6.97. The van der Waals surface area contributed by atoms with Crippen LogP contribution in [0.4, 0.5) is 0 Å². The molecule has 258 valence electrons. The highest BCUT2D eigenvalue weighted by Crippen LogP contribution is 2.41. The van der Waals surface area contributed by atoms with Gasteiger partial charge in [0, 0.05) is 33.0 Å². The first kappa shape index (κ1) is 33.7. The molecule has 8 aromatic rings. The second-order valence-corrected chi connectivity index (χ2v) is 15.8. The number of benzene rings is 6. The summed E-state index contributed by atoms with van der Waals surface area (Å²) in [4.78, 5) is 15.1. The summed E-state index contributed by atoms with van der Waals surface area (Å²) in [5, 5.41) is 12.0. The van der Waals surface area contributed by atoms with Crippen LogP contribution in [0.3, 0.4) is 0 Å². The zero-order valence-electron chi connectivity index (χ0n) is 31.0. The van der Waals surface area contributed by atoms with E-state index < -0.39 is 0 Å². The van der Waals surface area contributed by atoms with Crippen molar-refractivity contribution in [3.8, 4) is 57.0 Å². The van der Waals surface area contributed by atoms with E-state index in [-0.39, 0.29) is 10.8 Å². The molecular formula is C48H41N5. The molecule has 0 aliphatic heterocycles. The first-order valence-electron chi connectivity index (χ1n) is 18.1. The molecule has 53 heavy (non-hydrogen) atoms. The van der Waals surface area contributed by atoms with Gasteiger partial charge in [0.2, 0.25) is 0 Å². The van der Waals surface area contributed by atoms with Crippen LogP contribution in [0, 0.1) is 11.3 Å². The Bertz CT molecular complexity index is 2540. The van der Waals surface area contributed by atoms with Gasteiger partial charge in [0.15, 0.2) is 17.5 Å². The topological polar surface area (TPSA) is 67.4 Å². The van der Waals surface area contributed by atoms with Crippen LogP contribution in [0.25, 0.3) is 72.8 Å². The largest absolute Gasteiger partial charge is 0.309 e. The van der Waals surface area contributed by atoms with Crippen molar-refractivity contribution in [1.82, 2.24) is 19.5 Å². The molecule has 5 heteroatoms. The first-order chi connectivity index (χ1) is 25.5. The minimum absolute atomic E-state index is 0.0452. The molecule has 0 radical (unpaired) electrons. The maximum Gasteiger partial charge on any atom is 0.164 e. The minimum Gasteiger partial charge on any atom is -0.309 e. The van der Waals surface area contributed by atoms with Gasteiger partial charge in [0.1, 0.15) is 0 Å². The minimum atomic E-state index is -0.0452. The summed E-state index contributed by atoms with van der Waals surface area (Å²) in [7, 11) is 0. The standard InChI is InChI=1S/C48H41N5/c1-47(2,3)36-22-25-39-40-26-23-37(48(4,5)6)29-43(40)53(42(39)28-36)41-27-35(21-24-38(41)32-19-17-31(30-49)18-20-32)46-51-44(33-13-9-7-10-14-33)50-45(52-46)34-15-11-8-12-16-34/h7-29H,1-6H3. The zero-order chi connectivity index (χ0) is 36.9. The number of aromatic nitrogens is 4. The molecule has 8 rings (SSSR count). The molecule has 2 aromatic heterocycles. The Hall–Kier alpha value is -6.38. The molecule has 0 atom stereocenters. The van der Waals surface area contributed by atoms with E-state index in [1.165, 1.54) is 21.9 Å². The van der Waals surface area contributed by atoms with Crippen molar-refractivity contribution in [2.45, 2.75) is 52.4 Å². The van der Waals surface area contributed by atoms with Gasteiger partial charge < -0.3 is 4.57 Å². The lowest BCUT2D eigenvalue weighted by molar-refractivity contribution is 0.591. The van der Waals surface area contributed by atoms with E-state index >= 15 is 0 Å². The Kier molecular flexibility index (Phi) is 8.27. The molecule has 2 heterocycles. The smallest absolute Gasteiger partial charge is 0.164 e. The van der Waals surface area contributed by atoms with E-state index in [2.05, 4.69) is 107 Å². The van der Waals surface area contributed by atoms with E-state index in [1.807, 2.05) is 84.9 Å². The monoisotopic (exact) mass is 687 g/mol. The highest BCUT2D eigenvalue weighted by Gasteiger charge is 2.23. The summed E-state index contributed by atoms with van der Waals surface area (Å²) in [5.41, 5.74) is 11.1. The van der Waals surface area contributed by atoms with Crippen molar-refractivity contribution in [3.05, 3.63) is 156 Å². The Morgan fingerprint density at radius 2 is 0.925 bits per heavy atom.